The maximum absolute atomic E-state index is 12.1. The molecule has 4 heteroatoms. The minimum Gasteiger partial charge on any atom is -0.384 e. The zero-order valence-electron chi connectivity index (χ0n) is 10.6. The molecule has 1 saturated carbocycles. The molecule has 2 aliphatic rings. The summed E-state index contributed by atoms with van der Waals surface area (Å²) in [5.41, 5.74) is 3.22. The summed E-state index contributed by atoms with van der Waals surface area (Å²) >= 11 is 1.87. The van der Waals surface area contributed by atoms with Gasteiger partial charge in [-0.25, -0.2) is 0 Å². The van der Waals surface area contributed by atoms with Crippen molar-refractivity contribution >= 4 is 23.4 Å². The van der Waals surface area contributed by atoms with Crippen molar-refractivity contribution in [1.29, 1.82) is 0 Å². The summed E-state index contributed by atoms with van der Waals surface area (Å²) in [5, 5.41) is 6.37. The first-order valence-corrected chi connectivity index (χ1v) is 7.65. The number of rotatable bonds is 4. The first kappa shape index (κ1) is 11.9. The van der Waals surface area contributed by atoms with Crippen LogP contribution in [0.15, 0.2) is 18.2 Å². The van der Waals surface area contributed by atoms with E-state index in [1.807, 2.05) is 30.0 Å². The van der Waals surface area contributed by atoms with Gasteiger partial charge >= 0.3 is 0 Å². The SMILES string of the molecule is CSC1(CNC(=O)c2ccc3c(c2)CCN3)CC1. The van der Waals surface area contributed by atoms with Gasteiger partial charge < -0.3 is 10.6 Å². The molecule has 0 radical (unpaired) electrons. The van der Waals surface area contributed by atoms with Crippen molar-refractivity contribution in [2.45, 2.75) is 24.0 Å². The number of nitrogens with one attached hydrogen (secondary N) is 2. The number of anilines is 1. The predicted octanol–water partition coefficient (Wildman–Crippen LogP) is 2.28. The Bertz CT molecular complexity index is 483. The van der Waals surface area contributed by atoms with Gasteiger partial charge in [-0.15, -0.1) is 0 Å². The maximum atomic E-state index is 12.1. The average molecular weight is 262 g/mol. The molecule has 3 nitrogen and oxygen atoms in total. The number of hydrogen-bond donors (Lipinski definition) is 2. The number of benzene rings is 1. The molecule has 1 aliphatic heterocycles. The molecule has 1 aromatic rings. The van der Waals surface area contributed by atoms with E-state index in [4.69, 9.17) is 0 Å². The third-order valence-corrected chi connectivity index (χ3v) is 5.31. The highest BCUT2D eigenvalue weighted by atomic mass is 32.2. The summed E-state index contributed by atoms with van der Waals surface area (Å²) < 4.78 is 0.327. The summed E-state index contributed by atoms with van der Waals surface area (Å²) in [6, 6.07) is 5.94. The lowest BCUT2D eigenvalue weighted by molar-refractivity contribution is 0.0953. The Hall–Kier alpha value is -1.16. The molecule has 0 atom stereocenters. The Morgan fingerprint density at radius 1 is 1.50 bits per heavy atom. The lowest BCUT2D eigenvalue weighted by atomic mass is 10.1. The predicted molar refractivity (Wildman–Crippen MR) is 76.4 cm³/mol. The summed E-state index contributed by atoms with van der Waals surface area (Å²) in [6.07, 6.45) is 5.59. The van der Waals surface area contributed by atoms with Crippen LogP contribution in [0.3, 0.4) is 0 Å². The van der Waals surface area contributed by atoms with Crippen molar-refractivity contribution in [3.05, 3.63) is 29.3 Å². The van der Waals surface area contributed by atoms with E-state index in [0.29, 0.717) is 4.75 Å². The van der Waals surface area contributed by atoms with Crippen LogP contribution in [0.4, 0.5) is 5.69 Å². The highest BCUT2D eigenvalue weighted by Gasteiger charge is 2.41. The fraction of sp³-hybridized carbons (Fsp3) is 0.500. The molecule has 18 heavy (non-hydrogen) atoms. The lowest BCUT2D eigenvalue weighted by Gasteiger charge is -2.13. The maximum Gasteiger partial charge on any atom is 0.251 e. The van der Waals surface area contributed by atoms with E-state index >= 15 is 0 Å². The van der Waals surface area contributed by atoms with Gasteiger partial charge in [-0.1, -0.05) is 0 Å². The van der Waals surface area contributed by atoms with Crippen LogP contribution < -0.4 is 10.6 Å². The van der Waals surface area contributed by atoms with E-state index in [-0.39, 0.29) is 5.91 Å². The van der Waals surface area contributed by atoms with Crippen molar-refractivity contribution in [1.82, 2.24) is 5.32 Å². The molecule has 3 rings (SSSR count). The molecule has 1 heterocycles. The smallest absolute Gasteiger partial charge is 0.251 e. The summed E-state index contributed by atoms with van der Waals surface area (Å²) in [4.78, 5) is 12.1. The molecule has 96 valence electrons. The molecule has 0 saturated heterocycles. The normalized spacial score (nSPS) is 18.9. The van der Waals surface area contributed by atoms with Gasteiger partial charge in [-0.2, -0.15) is 11.8 Å². The topological polar surface area (TPSA) is 41.1 Å². The van der Waals surface area contributed by atoms with Crippen LogP contribution in [0, 0.1) is 0 Å². The average Bonchev–Trinajstić information content (AvgIpc) is 3.04. The van der Waals surface area contributed by atoms with Gasteiger partial charge in [0.1, 0.15) is 0 Å². The first-order valence-electron chi connectivity index (χ1n) is 6.43. The van der Waals surface area contributed by atoms with Crippen molar-refractivity contribution in [3.8, 4) is 0 Å². The largest absolute Gasteiger partial charge is 0.384 e. The van der Waals surface area contributed by atoms with E-state index < -0.39 is 0 Å². The quantitative estimate of drug-likeness (QED) is 0.874. The Morgan fingerprint density at radius 2 is 2.33 bits per heavy atom. The summed E-state index contributed by atoms with van der Waals surface area (Å²) in [7, 11) is 0. The van der Waals surface area contributed by atoms with Crippen LogP contribution in [-0.4, -0.2) is 30.0 Å². The fourth-order valence-corrected chi connectivity index (χ4v) is 3.11. The zero-order chi connectivity index (χ0) is 12.6. The van der Waals surface area contributed by atoms with Crippen LogP contribution in [0.2, 0.25) is 0 Å². The standard InChI is InChI=1S/C14H18N2OS/c1-18-14(5-6-14)9-16-13(17)11-2-3-12-10(8-11)4-7-15-12/h2-3,8,15H,4-7,9H2,1H3,(H,16,17). The number of thioether (sulfide) groups is 1. The van der Waals surface area contributed by atoms with Crippen LogP contribution in [0.25, 0.3) is 0 Å². The molecule has 0 aromatic heterocycles. The highest BCUT2D eigenvalue weighted by Crippen LogP contribution is 2.46. The van der Waals surface area contributed by atoms with E-state index in [1.54, 1.807) is 0 Å². The van der Waals surface area contributed by atoms with Gasteiger partial charge in [0.15, 0.2) is 0 Å². The first-order chi connectivity index (χ1) is 8.72. The van der Waals surface area contributed by atoms with Crippen LogP contribution in [0.5, 0.6) is 0 Å². The number of carbonyl (C=O) groups excluding carboxylic acids is 1. The summed E-state index contributed by atoms with van der Waals surface area (Å²) in [5.74, 6) is 0.0602. The number of amides is 1. The molecular formula is C14H18N2OS. The van der Waals surface area contributed by atoms with Crippen molar-refractivity contribution < 1.29 is 4.79 Å². The van der Waals surface area contributed by atoms with Crippen LogP contribution in [-0.2, 0) is 6.42 Å². The minimum atomic E-state index is 0.0602. The molecule has 2 N–H and O–H groups in total. The number of carbonyl (C=O) groups is 1. The third kappa shape index (κ3) is 2.21. The highest BCUT2D eigenvalue weighted by molar-refractivity contribution is 8.00. The van der Waals surface area contributed by atoms with E-state index in [0.717, 1.165) is 25.1 Å². The van der Waals surface area contributed by atoms with Gasteiger partial charge in [-0.3, -0.25) is 4.79 Å². The third-order valence-electron chi connectivity index (χ3n) is 3.89. The van der Waals surface area contributed by atoms with Gasteiger partial charge in [-0.05, 0) is 49.3 Å². The fourth-order valence-electron chi connectivity index (χ4n) is 2.38. The van der Waals surface area contributed by atoms with Gasteiger partial charge in [0, 0.05) is 29.1 Å². The summed E-state index contributed by atoms with van der Waals surface area (Å²) in [6.45, 7) is 1.78. The van der Waals surface area contributed by atoms with Gasteiger partial charge in [0.25, 0.3) is 5.91 Å². The number of hydrogen-bond acceptors (Lipinski definition) is 3. The molecule has 0 spiro atoms. The Labute approximate surface area is 112 Å². The second kappa shape index (κ2) is 4.50. The van der Waals surface area contributed by atoms with E-state index in [1.165, 1.54) is 24.1 Å². The molecular weight excluding hydrogens is 244 g/mol. The van der Waals surface area contributed by atoms with E-state index in [9.17, 15) is 4.79 Å². The Morgan fingerprint density at radius 3 is 3.06 bits per heavy atom. The second-order valence-electron chi connectivity index (χ2n) is 5.12. The second-order valence-corrected chi connectivity index (χ2v) is 6.39. The van der Waals surface area contributed by atoms with Crippen molar-refractivity contribution in [2.75, 3.05) is 24.7 Å². The molecule has 1 aromatic carbocycles. The number of fused-ring (bicyclic) bond motifs is 1. The van der Waals surface area contributed by atoms with Crippen molar-refractivity contribution in [2.24, 2.45) is 0 Å². The Kier molecular flexibility index (Phi) is 2.98. The molecule has 1 aliphatic carbocycles. The molecule has 0 unspecified atom stereocenters. The lowest BCUT2D eigenvalue weighted by Crippen LogP contribution is -2.31. The van der Waals surface area contributed by atoms with Gasteiger partial charge in [0.2, 0.25) is 0 Å². The van der Waals surface area contributed by atoms with Gasteiger partial charge in [0.05, 0.1) is 0 Å². The van der Waals surface area contributed by atoms with Crippen LogP contribution in [0.1, 0.15) is 28.8 Å². The monoisotopic (exact) mass is 262 g/mol. The molecule has 1 amide bonds. The zero-order valence-corrected chi connectivity index (χ0v) is 11.4. The molecule has 0 bridgehead atoms. The Balaban J connectivity index is 1.65. The molecule has 1 fully saturated rings. The minimum absolute atomic E-state index is 0.0602. The van der Waals surface area contributed by atoms with E-state index in [2.05, 4.69) is 16.9 Å². The van der Waals surface area contributed by atoms with Crippen molar-refractivity contribution in [3.63, 3.8) is 0 Å². The van der Waals surface area contributed by atoms with Crippen LogP contribution >= 0.6 is 11.8 Å².